The lowest BCUT2D eigenvalue weighted by Crippen LogP contribution is -2.37. The highest BCUT2D eigenvalue weighted by Crippen LogP contribution is 2.53. The van der Waals surface area contributed by atoms with Gasteiger partial charge in [0.2, 0.25) is 5.91 Å². The number of carbonyl (C=O) groups is 3. The lowest BCUT2D eigenvalue weighted by atomic mass is 9.78. The third-order valence-corrected chi connectivity index (χ3v) is 7.88. The largest absolute Gasteiger partial charge is 0.481 e. The predicted octanol–water partition coefficient (Wildman–Crippen LogP) is 5.18. The Balaban J connectivity index is 1.64. The lowest BCUT2D eigenvalue weighted by molar-refractivity contribution is -0.148. The zero-order valence-corrected chi connectivity index (χ0v) is 19.6. The number of carbonyl (C=O) groups excluding carboxylic acids is 2. The number of anilines is 1. The summed E-state index contributed by atoms with van der Waals surface area (Å²) in [5, 5.41) is 14.8. The Morgan fingerprint density at radius 2 is 1.69 bits per heavy atom. The number of ether oxygens (including phenoxy) is 1. The van der Waals surface area contributed by atoms with Crippen molar-refractivity contribution in [2.75, 3.05) is 12.4 Å². The first kappa shape index (κ1) is 22.5. The molecule has 0 spiro atoms. The molecular formula is C25H29NO5S. The van der Waals surface area contributed by atoms with Gasteiger partial charge in [0.25, 0.3) is 0 Å². The van der Waals surface area contributed by atoms with Gasteiger partial charge in [-0.3, -0.25) is 9.59 Å². The van der Waals surface area contributed by atoms with Gasteiger partial charge in [-0.15, -0.1) is 11.3 Å². The highest BCUT2D eigenvalue weighted by atomic mass is 32.1. The average molecular weight is 456 g/mol. The van der Waals surface area contributed by atoms with Crippen LogP contribution in [0.4, 0.5) is 5.00 Å². The van der Waals surface area contributed by atoms with E-state index >= 15 is 0 Å². The third kappa shape index (κ3) is 3.94. The van der Waals surface area contributed by atoms with Gasteiger partial charge in [0.05, 0.1) is 18.9 Å². The summed E-state index contributed by atoms with van der Waals surface area (Å²) < 4.78 is 5.01. The summed E-state index contributed by atoms with van der Waals surface area (Å²) in [6.07, 6.45) is 2.54. The molecule has 1 heterocycles. The van der Waals surface area contributed by atoms with Crippen LogP contribution in [0.15, 0.2) is 29.6 Å². The molecule has 0 unspecified atom stereocenters. The first-order chi connectivity index (χ1) is 15.1. The zero-order chi connectivity index (χ0) is 23.2. The quantitative estimate of drug-likeness (QED) is 0.606. The number of carboxylic acid groups (broad SMARTS) is 1. The van der Waals surface area contributed by atoms with Crippen LogP contribution in [0, 0.1) is 23.7 Å². The molecule has 2 N–H and O–H groups in total. The summed E-state index contributed by atoms with van der Waals surface area (Å²) in [5.74, 6) is -2.81. The fraction of sp³-hybridized carbons (Fsp3) is 0.480. The van der Waals surface area contributed by atoms with Crippen LogP contribution in [-0.2, 0) is 19.7 Å². The van der Waals surface area contributed by atoms with Gasteiger partial charge in [-0.1, -0.05) is 45.0 Å². The summed E-state index contributed by atoms with van der Waals surface area (Å²) in [6, 6.07) is 8.02. The summed E-state index contributed by atoms with van der Waals surface area (Å²) in [7, 11) is 1.31. The molecule has 2 saturated carbocycles. The second-order valence-corrected chi connectivity index (χ2v) is 10.8. The van der Waals surface area contributed by atoms with E-state index in [1.54, 1.807) is 0 Å². The van der Waals surface area contributed by atoms with E-state index in [0.29, 0.717) is 16.1 Å². The number of carboxylic acids is 1. The molecule has 6 nitrogen and oxygen atoms in total. The fourth-order valence-electron chi connectivity index (χ4n) is 5.34. The Labute approximate surface area is 192 Å². The minimum Gasteiger partial charge on any atom is -0.481 e. The van der Waals surface area contributed by atoms with Gasteiger partial charge in [0.1, 0.15) is 10.6 Å². The van der Waals surface area contributed by atoms with E-state index in [4.69, 9.17) is 4.74 Å². The molecular weight excluding hydrogens is 426 g/mol. The van der Waals surface area contributed by atoms with E-state index < -0.39 is 23.8 Å². The molecule has 4 rings (SSSR count). The fourth-order valence-corrected chi connectivity index (χ4v) is 6.30. The van der Waals surface area contributed by atoms with Crippen LogP contribution in [-0.4, -0.2) is 30.1 Å². The number of hydrogen-bond donors (Lipinski definition) is 2. The number of benzene rings is 1. The number of fused-ring (bicyclic) bond motifs is 2. The molecule has 2 aliphatic carbocycles. The van der Waals surface area contributed by atoms with Gasteiger partial charge in [-0.25, -0.2) is 4.79 Å². The summed E-state index contributed by atoms with van der Waals surface area (Å²) in [5.41, 5.74) is 3.06. The first-order valence-corrected chi connectivity index (χ1v) is 11.8. The molecule has 0 saturated heterocycles. The molecule has 1 aromatic carbocycles. The molecule has 32 heavy (non-hydrogen) atoms. The Morgan fingerprint density at radius 1 is 1.06 bits per heavy atom. The van der Waals surface area contributed by atoms with Gasteiger partial charge in [0.15, 0.2) is 0 Å². The number of nitrogens with one attached hydrogen (secondary N) is 1. The van der Waals surface area contributed by atoms with E-state index in [0.717, 1.165) is 24.8 Å². The van der Waals surface area contributed by atoms with E-state index in [-0.39, 0.29) is 23.2 Å². The maximum Gasteiger partial charge on any atom is 0.341 e. The molecule has 2 aliphatic rings. The number of amides is 1. The van der Waals surface area contributed by atoms with Crippen molar-refractivity contribution in [2.24, 2.45) is 23.7 Å². The molecule has 7 heteroatoms. The van der Waals surface area contributed by atoms with E-state index in [1.807, 2.05) is 29.6 Å². The van der Waals surface area contributed by atoms with Crippen LogP contribution in [0.3, 0.4) is 0 Å². The maximum absolute atomic E-state index is 13.2. The zero-order valence-electron chi connectivity index (χ0n) is 18.8. The van der Waals surface area contributed by atoms with Crippen molar-refractivity contribution in [2.45, 2.75) is 45.4 Å². The van der Waals surface area contributed by atoms with Crippen molar-refractivity contribution < 1.29 is 24.2 Å². The molecule has 1 amide bonds. The molecule has 2 aromatic rings. The SMILES string of the molecule is COC(=O)c1c(-c2ccc(C(C)(C)C)cc2)csc1NC(=O)[C@@H]1[C@H]2CC[C@@H](C2)[C@@H]1C(=O)O. The first-order valence-electron chi connectivity index (χ1n) is 11.0. The number of aliphatic carboxylic acids is 1. The van der Waals surface area contributed by atoms with Crippen molar-refractivity contribution in [1.82, 2.24) is 0 Å². The lowest BCUT2D eigenvalue weighted by Gasteiger charge is -2.26. The Morgan fingerprint density at radius 3 is 2.25 bits per heavy atom. The molecule has 0 aliphatic heterocycles. The van der Waals surface area contributed by atoms with Crippen molar-refractivity contribution in [3.05, 3.63) is 40.8 Å². The molecule has 1 aromatic heterocycles. The van der Waals surface area contributed by atoms with Crippen molar-refractivity contribution >= 4 is 34.2 Å². The van der Waals surface area contributed by atoms with Gasteiger partial charge in [-0.05, 0) is 47.6 Å². The monoisotopic (exact) mass is 455 g/mol. The standard InChI is InChI=1S/C25H29NO5S/c1-25(2,3)16-9-7-13(8-10-16)17-12-32-22(20(17)24(30)31-4)26-21(27)18-14-5-6-15(11-14)19(18)23(28)29/h7-10,12,14-15,18-19H,5-6,11H2,1-4H3,(H,26,27)(H,28,29)/t14-,15-,18+,19-/m0/s1. The number of esters is 1. The molecule has 2 fully saturated rings. The Kier molecular flexibility index (Phi) is 5.88. The van der Waals surface area contributed by atoms with Crippen LogP contribution in [0.2, 0.25) is 0 Å². The molecule has 0 radical (unpaired) electrons. The van der Waals surface area contributed by atoms with E-state index in [9.17, 15) is 19.5 Å². The topological polar surface area (TPSA) is 92.7 Å². The molecule has 170 valence electrons. The second-order valence-electron chi connectivity index (χ2n) is 9.88. The maximum atomic E-state index is 13.2. The summed E-state index contributed by atoms with van der Waals surface area (Å²) in [6.45, 7) is 6.42. The van der Waals surface area contributed by atoms with Crippen molar-refractivity contribution in [1.29, 1.82) is 0 Å². The summed E-state index contributed by atoms with van der Waals surface area (Å²) in [4.78, 5) is 37.6. The number of hydrogen-bond acceptors (Lipinski definition) is 5. The van der Waals surface area contributed by atoms with Crippen molar-refractivity contribution in [3.63, 3.8) is 0 Å². The van der Waals surface area contributed by atoms with Gasteiger partial charge >= 0.3 is 11.9 Å². The normalized spacial score (nSPS) is 24.4. The minimum atomic E-state index is -0.906. The molecule has 2 bridgehead atoms. The third-order valence-electron chi connectivity index (χ3n) is 6.98. The Hall–Kier alpha value is -2.67. The highest BCUT2D eigenvalue weighted by molar-refractivity contribution is 7.15. The van der Waals surface area contributed by atoms with Crippen LogP contribution < -0.4 is 5.32 Å². The van der Waals surface area contributed by atoms with E-state index in [1.165, 1.54) is 24.0 Å². The van der Waals surface area contributed by atoms with Gasteiger partial charge < -0.3 is 15.2 Å². The van der Waals surface area contributed by atoms with Gasteiger partial charge in [-0.2, -0.15) is 0 Å². The van der Waals surface area contributed by atoms with Crippen LogP contribution in [0.1, 0.15) is 56.0 Å². The minimum absolute atomic E-state index is 0.0127. The number of methoxy groups -OCH3 is 1. The average Bonchev–Trinajstić information content (AvgIpc) is 3.47. The second kappa shape index (κ2) is 8.35. The van der Waals surface area contributed by atoms with Crippen LogP contribution in [0.5, 0.6) is 0 Å². The highest BCUT2D eigenvalue weighted by Gasteiger charge is 2.54. The Bertz CT molecular complexity index is 1050. The van der Waals surface area contributed by atoms with Crippen LogP contribution >= 0.6 is 11.3 Å². The number of thiophene rings is 1. The van der Waals surface area contributed by atoms with Crippen LogP contribution in [0.25, 0.3) is 11.1 Å². The summed E-state index contributed by atoms with van der Waals surface area (Å²) >= 11 is 1.26. The van der Waals surface area contributed by atoms with Crippen molar-refractivity contribution in [3.8, 4) is 11.1 Å². The smallest absolute Gasteiger partial charge is 0.341 e. The number of rotatable bonds is 5. The predicted molar refractivity (Wildman–Crippen MR) is 124 cm³/mol. The van der Waals surface area contributed by atoms with Gasteiger partial charge in [0, 0.05) is 10.9 Å². The molecule has 4 atom stereocenters. The van der Waals surface area contributed by atoms with E-state index in [2.05, 4.69) is 26.1 Å².